The third-order valence-corrected chi connectivity index (χ3v) is 14.5. The third kappa shape index (κ3) is 52.9. The molecule has 2 N–H and O–H groups in total. The molecule has 0 aliphatic heterocycles. The lowest BCUT2D eigenvalue weighted by atomic mass is 10.0. The zero-order chi connectivity index (χ0) is 52.2. The van der Waals surface area contributed by atoms with E-state index in [1.54, 1.807) is 0 Å². The van der Waals surface area contributed by atoms with Crippen LogP contribution in [-0.2, 0) is 27.9 Å². The number of amides is 1. The quantitative estimate of drug-likeness (QED) is 0.0205. The summed E-state index contributed by atoms with van der Waals surface area (Å²) in [5.41, 5.74) is 0. The van der Waals surface area contributed by atoms with E-state index < -0.39 is 20.0 Å². The van der Waals surface area contributed by atoms with E-state index in [-0.39, 0.29) is 25.1 Å². The average Bonchev–Trinajstić information content (AvgIpc) is 3.33. The summed E-state index contributed by atoms with van der Waals surface area (Å²) in [5, 5.41) is 3.05. The number of allylic oxidation sites excluding steroid dienone is 5. The fourth-order valence-corrected chi connectivity index (χ4v) is 9.55. The molecule has 1 amide bonds. The second kappa shape index (κ2) is 51.7. The number of quaternary nitrogens is 1. The van der Waals surface area contributed by atoms with Crippen LogP contribution < -0.4 is 5.32 Å². The molecular weight excluding hydrogens is 904 g/mol. The van der Waals surface area contributed by atoms with Gasteiger partial charge in [-0.05, 0) is 83.1 Å². The first kappa shape index (κ1) is 69.2. The van der Waals surface area contributed by atoms with Gasteiger partial charge in [-0.25, -0.2) is 4.57 Å². The van der Waals surface area contributed by atoms with Crippen molar-refractivity contribution in [1.29, 1.82) is 0 Å². The molecule has 0 fully saturated rings. The molecule has 0 bridgehead atoms. The van der Waals surface area contributed by atoms with Crippen molar-refractivity contribution >= 4 is 19.7 Å². The topological polar surface area (TPSA) is 111 Å². The maximum atomic E-state index is 13.5. The Labute approximate surface area is 440 Å². The molecule has 0 heterocycles. The highest BCUT2D eigenvalue weighted by Crippen LogP contribution is 2.43. The average molecular weight is 1020 g/mol. The van der Waals surface area contributed by atoms with Crippen molar-refractivity contribution in [2.24, 2.45) is 0 Å². The van der Waals surface area contributed by atoms with Gasteiger partial charge in [0.15, 0.2) is 0 Å². The molecule has 3 unspecified atom stereocenters. The number of carbonyl (C=O) groups excluding carboxylic acids is 2. The minimum atomic E-state index is -4.44. The number of likely N-dealkylation sites (N-methyl/N-ethyl adjacent to an activating group) is 1. The molecule has 0 spiro atoms. The number of carbonyl (C=O) groups is 2. The number of ether oxygens (including phenoxy) is 1. The molecule has 0 radical (unpaired) electrons. The molecule has 0 aromatic carbocycles. The first-order chi connectivity index (χ1) is 34.4. The van der Waals surface area contributed by atoms with Gasteiger partial charge in [0.05, 0.1) is 33.8 Å². The van der Waals surface area contributed by atoms with Crippen molar-refractivity contribution < 1.29 is 37.3 Å². The van der Waals surface area contributed by atoms with Crippen LogP contribution in [0.4, 0.5) is 0 Å². The molecule has 0 aliphatic rings. The van der Waals surface area contributed by atoms with Gasteiger partial charge in [0.2, 0.25) is 5.91 Å². The maximum Gasteiger partial charge on any atom is 0.472 e. The van der Waals surface area contributed by atoms with Gasteiger partial charge < -0.3 is 19.4 Å². The molecule has 0 aliphatic carbocycles. The molecule has 10 heteroatoms. The van der Waals surface area contributed by atoms with Crippen LogP contribution in [0.2, 0.25) is 0 Å². The van der Waals surface area contributed by atoms with Crippen LogP contribution >= 0.6 is 7.82 Å². The second-order valence-corrected chi connectivity index (χ2v) is 23.3. The standard InChI is InChI=1S/C61H117N2O7P/c1-7-10-13-16-19-22-25-27-29-30-31-32-34-36-39-42-45-48-51-54-61(65)70-59(52-49-46-43-40-37-24-21-18-15-12-9-3)58(57-69-71(66,67)68-56-55-63(4,5)6)62-60(64)53-50-47-44-41-38-35-33-28-26-23-20-17-14-11-8-2/h23,26-27,29,49,52,58-59H,7-22,24-25,28,30-48,50-51,53-57H2,1-6H3,(H-,62,64,66,67)/p+1/b26-23-,29-27+,52-49+. The Morgan fingerprint density at radius 2 is 0.817 bits per heavy atom. The number of nitrogens with one attached hydrogen (secondary N) is 1. The Morgan fingerprint density at radius 1 is 0.479 bits per heavy atom. The maximum absolute atomic E-state index is 13.5. The largest absolute Gasteiger partial charge is 0.472 e. The second-order valence-electron chi connectivity index (χ2n) is 21.9. The molecule has 0 rings (SSSR count). The molecule has 3 atom stereocenters. The van der Waals surface area contributed by atoms with Crippen LogP contribution in [0.3, 0.4) is 0 Å². The number of unbranched alkanes of at least 4 members (excludes halogenated alkanes) is 35. The van der Waals surface area contributed by atoms with Crippen LogP contribution in [0.1, 0.15) is 290 Å². The number of hydrogen-bond donors (Lipinski definition) is 2. The zero-order valence-electron chi connectivity index (χ0n) is 47.7. The Kier molecular flexibility index (Phi) is 50.4. The fraction of sp³-hybridized carbons (Fsp3) is 0.869. The predicted molar refractivity (Wildman–Crippen MR) is 305 cm³/mol. The number of phosphoric acid groups is 1. The summed E-state index contributed by atoms with van der Waals surface area (Å²) in [6.45, 7) is 7.01. The van der Waals surface area contributed by atoms with Crippen LogP contribution in [0.15, 0.2) is 36.5 Å². The number of nitrogens with zero attached hydrogens (tertiary/aromatic N) is 1. The molecule has 0 saturated heterocycles. The number of esters is 1. The van der Waals surface area contributed by atoms with Crippen molar-refractivity contribution in [3.8, 4) is 0 Å². The Morgan fingerprint density at radius 3 is 1.21 bits per heavy atom. The highest BCUT2D eigenvalue weighted by molar-refractivity contribution is 7.47. The minimum Gasteiger partial charge on any atom is -0.456 e. The highest BCUT2D eigenvalue weighted by atomic mass is 31.2. The molecular formula is C61H118N2O7P+. The molecule has 0 saturated carbocycles. The smallest absolute Gasteiger partial charge is 0.456 e. The summed E-state index contributed by atoms with van der Waals surface area (Å²) < 4.78 is 30.6. The summed E-state index contributed by atoms with van der Waals surface area (Å²) in [6, 6.07) is -0.847. The van der Waals surface area contributed by atoms with Gasteiger partial charge >= 0.3 is 13.8 Å². The highest BCUT2D eigenvalue weighted by Gasteiger charge is 2.30. The molecule has 71 heavy (non-hydrogen) atoms. The van der Waals surface area contributed by atoms with Crippen LogP contribution in [0, 0.1) is 0 Å². The van der Waals surface area contributed by atoms with Crippen LogP contribution in [0.5, 0.6) is 0 Å². The van der Waals surface area contributed by atoms with Crippen LogP contribution in [-0.4, -0.2) is 74.3 Å². The van der Waals surface area contributed by atoms with Gasteiger partial charge in [-0.3, -0.25) is 18.6 Å². The predicted octanol–water partition coefficient (Wildman–Crippen LogP) is 18.3. The fourth-order valence-electron chi connectivity index (χ4n) is 8.81. The van der Waals surface area contributed by atoms with E-state index >= 15 is 0 Å². The van der Waals surface area contributed by atoms with E-state index in [0.29, 0.717) is 23.9 Å². The van der Waals surface area contributed by atoms with E-state index in [1.807, 2.05) is 33.3 Å². The molecule has 418 valence electrons. The number of hydrogen-bond acceptors (Lipinski definition) is 6. The minimum absolute atomic E-state index is 0.0405. The summed E-state index contributed by atoms with van der Waals surface area (Å²) in [5.74, 6) is -0.504. The summed E-state index contributed by atoms with van der Waals surface area (Å²) >= 11 is 0. The Balaban J connectivity index is 5.23. The van der Waals surface area contributed by atoms with Gasteiger partial charge in [0, 0.05) is 12.8 Å². The van der Waals surface area contributed by atoms with Crippen LogP contribution in [0.25, 0.3) is 0 Å². The normalized spacial score (nSPS) is 14.0. The van der Waals surface area contributed by atoms with Crippen molar-refractivity contribution in [3.63, 3.8) is 0 Å². The van der Waals surface area contributed by atoms with E-state index in [4.69, 9.17) is 13.8 Å². The van der Waals surface area contributed by atoms with E-state index in [2.05, 4.69) is 50.4 Å². The molecule has 0 aromatic rings. The van der Waals surface area contributed by atoms with Gasteiger partial charge in [0.1, 0.15) is 19.3 Å². The molecule has 9 nitrogen and oxygen atoms in total. The zero-order valence-corrected chi connectivity index (χ0v) is 48.6. The van der Waals surface area contributed by atoms with Gasteiger partial charge in [-0.15, -0.1) is 0 Å². The summed E-state index contributed by atoms with van der Waals surface area (Å²) in [6.07, 6.45) is 61.3. The third-order valence-electron chi connectivity index (χ3n) is 13.6. The summed E-state index contributed by atoms with van der Waals surface area (Å²) in [7, 11) is 1.50. The lowest BCUT2D eigenvalue weighted by Crippen LogP contribution is -2.47. The Bertz CT molecular complexity index is 1310. The monoisotopic (exact) mass is 1020 g/mol. The SMILES string of the molecule is CCCCCC/C=C\CCCCCCCCCC(=O)NC(COP(=O)(O)OCC[N+](C)(C)C)C(/C=C/CCCCCCCCCCC)OC(=O)CCCCCCCCCCC/C=C/CCCCCCCC. The van der Waals surface area contributed by atoms with Crippen molar-refractivity contribution in [3.05, 3.63) is 36.5 Å². The van der Waals surface area contributed by atoms with Crippen molar-refractivity contribution in [2.45, 2.75) is 303 Å². The lowest BCUT2D eigenvalue weighted by Gasteiger charge is -2.27. The van der Waals surface area contributed by atoms with Gasteiger partial charge in [0.25, 0.3) is 0 Å². The summed E-state index contributed by atoms with van der Waals surface area (Å²) in [4.78, 5) is 37.6. The van der Waals surface area contributed by atoms with Crippen molar-refractivity contribution in [1.82, 2.24) is 5.32 Å². The first-order valence-corrected chi connectivity index (χ1v) is 31.8. The van der Waals surface area contributed by atoms with E-state index in [1.165, 1.54) is 186 Å². The molecule has 0 aromatic heterocycles. The number of phosphoric ester groups is 1. The van der Waals surface area contributed by atoms with E-state index in [9.17, 15) is 19.0 Å². The first-order valence-electron chi connectivity index (χ1n) is 30.3. The Hall–Kier alpha value is -1.77. The van der Waals surface area contributed by atoms with E-state index in [0.717, 1.165) is 70.6 Å². The van der Waals surface area contributed by atoms with Gasteiger partial charge in [-0.2, -0.15) is 0 Å². The van der Waals surface area contributed by atoms with Gasteiger partial charge in [-0.1, -0.05) is 231 Å². The number of rotatable bonds is 55. The van der Waals surface area contributed by atoms with Crippen molar-refractivity contribution in [2.75, 3.05) is 40.9 Å². The lowest BCUT2D eigenvalue weighted by molar-refractivity contribution is -0.870.